The molecule has 17 heavy (non-hydrogen) atoms. The van der Waals surface area contributed by atoms with E-state index in [1.165, 1.54) is 0 Å². The molecule has 0 aliphatic heterocycles. The van der Waals surface area contributed by atoms with Gasteiger partial charge in [-0.05, 0) is 12.8 Å². The summed E-state index contributed by atoms with van der Waals surface area (Å²) >= 11 is 0. The van der Waals surface area contributed by atoms with Gasteiger partial charge in [-0.3, -0.25) is 9.59 Å². The van der Waals surface area contributed by atoms with Crippen molar-refractivity contribution in [3.8, 4) is 6.07 Å². The van der Waals surface area contributed by atoms with Crippen molar-refractivity contribution < 1.29 is 14.3 Å². The van der Waals surface area contributed by atoms with Gasteiger partial charge in [-0.2, -0.15) is 5.26 Å². The monoisotopic (exact) mass is 239 g/mol. The number of rotatable bonds is 6. The van der Waals surface area contributed by atoms with E-state index in [1.807, 2.05) is 19.9 Å². The molecule has 0 aromatic carbocycles. The lowest BCUT2D eigenvalue weighted by Gasteiger charge is -2.27. The zero-order valence-corrected chi connectivity index (χ0v) is 11.2. The molecule has 0 spiro atoms. The molecule has 0 aromatic rings. The van der Waals surface area contributed by atoms with Crippen molar-refractivity contribution >= 4 is 11.8 Å². The first-order valence-corrected chi connectivity index (χ1v) is 5.86. The van der Waals surface area contributed by atoms with E-state index in [0.717, 1.165) is 0 Å². The molecule has 4 heteroatoms. The number of carbonyl (C=O) groups excluding carboxylic acids is 2. The zero-order valence-electron chi connectivity index (χ0n) is 11.2. The number of hydrogen-bond acceptors (Lipinski definition) is 4. The maximum Gasteiger partial charge on any atom is 0.324 e. The molecule has 0 radical (unpaired) electrons. The van der Waals surface area contributed by atoms with Crippen LogP contribution in [0.15, 0.2) is 0 Å². The number of esters is 1. The van der Waals surface area contributed by atoms with Crippen LogP contribution in [0.25, 0.3) is 0 Å². The molecule has 96 valence electrons. The van der Waals surface area contributed by atoms with Gasteiger partial charge >= 0.3 is 5.97 Å². The number of carbonyl (C=O) groups is 2. The fourth-order valence-electron chi connectivity index (χ4n) is 1.53. The highest BCUT2D eigenvalue weighted by Crippen LogP contribution is 2.31. The molecule has 1 atom stereocenters. The lowest BCUT2D eigenvalue weighted by molar-refractivity contribution is -0.153. The maximum atomic E-state index is 12.0. The maximum absolute atomic E-state index is 12.0. The molecular formula is C13H21NO3. The van der Waals surface area contributed by atoms with Crippen LogP contribution in [0.5, 0.6) is 0 Å². The number of ether oxygens (including phenoxy) is 1. The third-order valence-corrected chi connectivity index (χ3v) is 2.69. The van der Waals surface area contributed by atoms with E-state index in [4.69, 9.17) is 10.00 Å². The molecule has 0 N–H and O–H groups in total. The third kappa shape index (κ3) is 4.18. The van der Waals surface area contributed by atoms with Gasteiger partial charge in [-0.25, -0.2) is 0 Å². The van der Waals surface area contributed by atoms with Gasteiger partial charge in [0.25, 0.3) is 0 Å². The second-order valence-corrected chi connectivity index (χ2v) is 5.06. The highest BCUT2D eigenvalue weighted by Gasteiger charge is 2.42. The van der Waals surface area contributed by atoms with Crippen LogP contribution in [-0.2, 0) is 14.3 Å². The number of Topliss-reactive ketones (excluding diaryl/α,β-unsaturated/α-hetero) is 1. The summed E-state index contributed by atoms with van der Waals surface area (Å²) in [5, 5.41) is 9.04. The summed E-state index contributed by atoms with van der Waals surface area (Å²) in [7, 11) is 0. The fourth-order valence-corrected chi connectivity index (χ4v) is 1.53. The Hall–Kier alpha value is -1.37. The van der Waals surface area contributed by atoms with Crippen molar-refractivity contribution in [1.29, 1.82) is 5.26 Å². The minimum absolute atomic E-state index is 0.0768. The summed E-state index contributed by atoms with van der Waals surface area (Å²) in [5.74, 6) is -1.51. The van der Waals surface area contributed by atoms with Gasteiger partial charge in [-0.1, -0.05) is 27.7 Å². The van der Waals surface area contributed by atoms with E-state index in [2.05, 4.69) is 0 Å². The number of nitrogens with zero attached hydrogens (tertiary/aromatic N) is 1. The van der Waals surface area contributed by atoms with Crippen LogP contribution >= 0.6 is 0 Å². The topological polar surface area (TPSA) is 67.2 Å². The molecule has 0 bridgehead atoms. The lowest BCUT2D eigenvalue weighted by atomic mass is 9.74. The van der Waals surface area contributed by atoms with Crippen molar-refractivity contribution in [3.63, 3.8) is 0 Å². The van der Waals surface area contributed by atoms with Crippen LogP contribution in [0.1, 0.15) is 41.0 Å². The Bertz CT molecular complexity index is 326. The molecular weight excluding hydrogens is 218 g/mol. The summed E-state index contributed by atoms with van der Waals surface area (Å²) in [6, 6.07) is 1.89. The van der Waals surface area contributed by atoms with Crippen LogP contribution in [-0.4, -0.2) is 18.4 Å². The van der Waals surface area contributed by atoms with Crippen molar-refractivity contribution in [2.24, 2.45) is 17.3 Å². The largest absolute Gasteiger partial charge is 0.465 e. The standard InChI is InChI=1S/C13H21NO3/c1-6-17-12(16)10(8-14)13(4,5)11(15)7-9(2)3/h9-10H,6-7H2,1-5H3. The Kier molecular flexibility index (Phi) is 5.87. The summed E-state index contributed by atoms with van der Waals surface area (Å²) in [4.78, 5) is 23.6. The third-order valence-electron chi connectivity index (χ3n) is 2.69. The van der Waals surface area contributed by atoms with Crippen LogP contribution in [0.4, 0.5) is 0 Å². The van der Waals surface area contributed by atoms with Gasteiger partial charge < -0.3 is 4.74 Å². The van der Waals surface area contributed by atoms with Gasteiger partial charge in [0.15, 0.2) is 5.92 Å². The van der Waals surface area contributed by atoms with E-state index in [9.17, 15) is 9.59 Å². The van der Waals surface area contributed by atoms with Gasteiger partial charge in [0.2, 0.25) is 0 Å². The Balaban J connectivity index is 4.93. The van der Waals surface area contributed by atoms with Gasteiger partial charge in [0, 0.05) is 11.8 Å². The minimum atomic E-state index is -1.03. The SMILES string of the molecule is CCOC(=O)C(C#N)C(C)(C)C(=O)CC(C)C. The Labute approximate surface area is 103 Å². The molecule has 1 unspecified atom stereocenters. The Morgan fingerprint density at radius 2 is 1.88 bits per heavy atom. The van der Waals surface area contributed by atoms with Crippen molar-refractivity contribution in [2.75, 3.05) is 6.61 Å². The van der Waals surface area contributed by atoms with Crippen molar-refractivity contribution in [1.82, 2.24) is 0 Å². The normalized spacial score (nSPS) is 13.0. The molecule has 0 saturated heterocycles. The molecule has 0 heterocycles. The average molecular weight is 239 g/mol. The molecule has 4 nitrogen and oxygen atoms in total. The smallest absolute Gasteiger partial charge is 0.324 e. The van der Waals surface area contributed by atoms with E-state index in [1.54, 1.807) is 20.8 Å². The van der Waals surface area contributed by atoms with Crippen LogP contribution in [0.3, 0.4) is 0 Å². The van der Waals surface area contributed by atoms with Crippen LogP contribution in [0.2, 0.25) is 0 Å². The van der Waals surface area contributed by atoms with E-state index in [-0.39, 0.29) is 18.3 Å². The summed E-state index contributed by atoms with van der Waals surface area (Å²) in [6.45, 7) is 9.01. The molecule has 0 rings (SSSR count). The fraction of sp³-hybridized carbons (Fsp3) is 0.769. The van der Waals surface area contributed by atoms with Crippen molar-refractivity contribution in [3.05, 3.63) is 0 Å². The molecule has 0 saturated carbocycles. The Morgan fingerprint density at radius 3 is 2.24 bits per heavy atom. The van der Waals surface area contributed by atoms with E-state index < -0.39 is 17.3 Å². The van der Waals surface area contributed by atoms with E-state index in [0.29, 0.717) is 6.42 Å². The van der Waals surface area contributed by atoms with E-state index >= 15 is 0 Å². The summed E-state index contributed by atoms with van der Waals surface area (Å²) in [5.41, 5.74) is -0.995. The van der Waals surface area contributed by atoms with Crippen molar-refractivity contribution in [2.45, 2.75) is 41.0 Å². The lowest BCUT2D eigenvalue weighted by Crippen LogP contribution is -2.38. The molecule has 0 aromatic heterocycles. The zero-order chi connectivity index (χ0) is 13.6. The molecule has 0 aliphatic carbocycles. The number of ketones is 1. The minimum Gasteiger partial charge on any atom is -0.465 e. The highest BCUT2D eigenvalue weighted by molar-refractivity contribution is 5.91. The molecule has 0 amide bonds. The quantitative estimate of drug-likeness (QED) is 0.667. The van der Waals surface area contributed by atoms with Crippen LogP contribution < -0.4 is 0 Å². The second-order valence-electron chi connectivity index (χ2n) is 5.06. The van der Waals surface area contributed by atoms with Crippen LogP contribution in [0, 0.1) is 28.6 Å². The first kappa shape index (κ1) is 15.6. The predicted molar refractivity (Wildman–Crippen MR) is 64.0 cm³/mol. The number of nitriles is 1. The molecule has 0 fully saturated rings. The summed E-state index contributed by atoms with van der Waals surface area (Å²) < 4.78 is 4.82. The first-order chi connectivity index (χ1) is 7.77. The predicted octanol–water partition coefficient (Wildman–Crippen LogP) is 2.33. The first-order valence-electron chi connectivity index (χ1n) is 5.86. The second kappa shape index (κ2) is 6.39. The summed E-state index contributed by atoms with van der Waals surface area (Å²) in [6.07, 6.45) is 0.366. The number of hydrogen-bond donors (Lipinski definition) is 0. The van der Waals surface area contributed by atoms with Gasteiger partial charge in [0.05, 0.1) is 12.7 Å². The Morgan fingerprint density at radius 1 is 1.35 bits per heavy atom. The van der Waals surface area contributed by atoms with Gasteiger partial charge in [0.1, 0.15) is 5.78 Å². The molecule has 0 aliphatic rings. The van der Waals surface area contributed by atoms with Gasteiger partial charge in [-0.15, -0.1) is 0 Å². The average Bonchev–Trinajstić information content (AvgIpc) is 2.17. The highest BCUT2D eigenvalue weighted by atomic mass is 16.5.